The molecule has 0 unspecified atom stereocenters. The first-order valence-electron chi connectivity index (χ1n) is 20.2. The molecule has 0 radical (unpaired) electrons. The van der Waals surface area contributed by atoms with E-state index in [1.165, 1.54) is 45.9 Å². The van der Waals surface area contributed by atoms with Crippen molar-refractivity contribution in [3.63, 3.8) is 0 Å². The maximum absolute atomic E-state index is 13.0. The monoisotopic (exact) mass is 760 g/mol. The molecule has 0 aliphatic carbocycles. The van der Waals surface area contributed by atoms with Gasteiger partial charge >= 0.3 is 12.0 Å². The van der Waals surface area contributed by atoms with Gasteiger partial charge in [-0.25, -0.2) is 9.59 Å². The lowest BCUT2D eigenvalue weighted by molar-refractivity contribution is -0.276. The summed E-state index contributed by atoms with van der Waals surface area (Å²) in [5.74, 6) is -0.383. The molecule has 3 aliphatic heterocycles. The molecule has 0 aromatic heterocycles. The van der Waals surface area contributed by atoms with Gasteiger partial charge < -0.3 is 34.9 Å². The Morgan fingerprint density at radius 2 is 1.54 bits per heavy atom. The van der Waals surface area contributed by atoms with Gasteiger partial charge in [-0.3, -0.25) is 4.90 Å². The average Bonchev–Trinajstić information content (AvgIpc) is 3.93. The summed E-state index contributed by atoms with van der Waals surface area (Å²) >= 11 is 0. The SMILES string of the molecule is COC(=O)[C@H](Cc1ccccc1)NC(=O)NCc1cccc(-c2cccc([C@@H]3O[C@H](CN4CCC[C@H]4CN4CCCC4)[C@H](C)[C@H](c4ccc(CO)cc4)O3)c2)c1. The molecule has 10 heteroatoms. The minimum atomic E-state index is -0.811. The second kappa shape index (κ2) is 19.0. The van der Waals surface area contributed by atoms with Crippen LogP contribution in [-0.2, 0) is 38.6 Å². The highest BCUT2D eigenvalue weighted by atomic mass is 16.7. The molecule has 296 valence electrons. The van der Waals surface area contributed by atoms with Crippen LogP contribution in [0.1, 0.15) is 72.8 Å². The van der Waals surface area contributed by atoms with Crippen molar-refractivity contribution in [3.05, 3.63) is 131 Å². The van der Waals surface area contributed by atoms with Gasteiger partial charge in [0.05, 0.1) is 25.9 Å². The topological polar surface area (TPSA) is 113 Å². The van der Waals surface area contributed by atoms with Crippen LogP contribution in [0.5, 0.6) is 0 Å². The maximum atomic E-state index is 13.0. The Bertz CT molecular complexity index is 1880. The highest BCUT2D eigenvalue weighted by Crippen LogP contribution is 2.43. The average molecular weight is 761 g/mol. The summed E-state index contributed by atoms with van der Waals surface area (Å²) in [6, 6.07) is 33.3. The summed E-state index contributed by atoms with van der Waals surface area (Å²) in [7, 11) is 1.32. The molecule has 0 saturated carbocycles. The highest BCUT2D eigenvalue weighted by molar-refractivity contribution is 5.83. The molecule has 0 spiro atoms. The smallest absolute Gasteiger partial charge is 0.328 e. The van der Waals surface area contributed by atoms with Crippen LogP contribution in [0.3, 0.4) is 0 Å². The molecule has 3 aliphatic rings. The lowest BCUT2D eigenvalue weighted by Gasteiger charge is -2.43. The highest BCUT2D eigenvalue weighted by Gasteiger charge is 2.41. The number of rotatable bonds is 14. The van der Waals surface area contributed by atoms with Crippen LogP contribution in [0.15, 0.2) is 103 Å². The van der Waals surface area contributed by atoms with Gasteiger partial charge in [0.2, 0.25) is 0 Å². The fourth-order valence-electron chi connectivity index (χ4n) is 8.47. The lowest BCUT2D eigenvalue weighted by Crippen LogP contribution is -2.48. The van der Waals surface area contributed by atoms with Gasteiger partial charge in [-0.2, -0.15) is 0 Å². The van der Waals surface area contributed by atoms with E-state index in [-0.39, 0.29) is 31.3 Å². The quantitative estimate of drug-likeness (QED) is 0.121. The normalized spacial score (nSPS) is 23.4. The van der Waals surface area contributed by atoms with Crippen molar-refractivity contribution in [2.45, 2.75) is 82.8 Å². The first-order valence-corrected chi connectivity index (χ1v) is 20.2. The predicted octanol–water partition coefficient (Wildman–Crippen LogP) is 6.78. The number of amides is 2. The molecule has 10 nitrogen and oxygen atoms in total. The number of urea groups is 1. The number of carbonyl (C=O) groups excluding carboxylic acids is 2. The lowest BCUT2D eigenvalue weighted by atomic mass is 9.89. The zero-order valence-electron chi connectivity index (χ0n) is 32.6. The third-order valence-electron chi connectivity index (χ3n) is 11.7. The molecular formula is C46H56N4O6. The van der Waals surface area contributed by atoms with E-state index in [2.05, 4.69) is 69.8 Å². The van der Waals surface area contributed by atoms with Crippen molar-refractivity contribution in [2.75, 3.05) is 39.8 Å². The summed E-state index contributed by atoms with van der Waals surface area (Å²) in [6.45, 7) is 8.03. The number of likely N-dealkylation sites (tertiary alicyclic amines) is 2. The summed E-state index contributed by atoms with van der Waals surface area (Å²) < 4.78 is 18.7. The van der Waals surface area contributed by atoms with E-state index in [4.69, 9.17) is 14.2 Å². The summed E-state index contributed by atoms with van der Waals surface area (Å²) in [6.07, 6.45) is 4.60. The van der Waals surface area contributed by atoms with Crippen LogP contribution in [0.2, 0.25) is 0 Å². The molecule has 56 heavy (non-hydrogen) atoms. The van der Waals surface area contributed by atoms with Gasteiger partial charge in [0.1, 0.15) is 6.04 Å². The predicted molar refractivity (Wildman–Crippen MR) is 216 cm³/mol. The Balaban J connectivity index is 1.05. The van der Waals surface area contributed by atoms with E-state index in [0.717, 1.165) is 58.6 Å². The number of nitrogens with zero attached hydrogens (tertiary/aromatic N) is 2. The van der Waals surface area contributed by atoms with Gasteiger partial charge in [-0.05, 0) is 90.8 Å². The Kier molecular flexibility index (Phi) is 13.5. The molecular weight excluding hydrogens is 705 g/mol. The molecule has 4 aromatic rings. The Hall–Kier alpha value is -4.58. The van der Waals surface area contributed by atoms with E-state index in [9.17, 15) is 14.7 Å². The summed E-state index contributed by atoms with van der Waals surface area (Å²) in [5.41, 5.74) is 6.76. The second-order valence-electron chi connectivity index (χ2n) is 15.5. The number of aliphatic hydroxyl groups excluding tert-OH is 1. The van der Waals surface area contributed by atoms with E-state index < -0.39 is 24.3 Å². The van der Waals surface area contributed by atoms with Gasteiger partial charge in [0.15, 0.2) is 6.29 Å². The largest absolute Gasteiger partial charge is 0.467 e. The zero-order valence-corrected chi connectivity index (χ0v) is 32.6. The fraction of sp³-hybridized carbons (Fsp3) is 0.435. The van der Waals surface area contributed by atoms with Gasteiger partial charge in [-0.1, -0.05) is 97.9 Å². The number of nitrogens with one attached hydrogen (secondary N) is 2. The number of hydrogen-bond donors (Lipinski definition) is 3. The van der Waals surface area contributed by atoms with Crippen LogP contribution in [0.4, 0.5) is 4.79 Å². The van der Waals surface area contributed by atoms with Crippen molar-refractivity contribution in [1.29, 1.82) is 0 Å². The molecule has 0 bridgehead atoms. The molecule has 4 aromatic carbocycles. The van der Waals surface area contributed by atoms with Crippen LogP contribution in [-0.4, -0.2) is 84.9 Å². The molecule has 6 atom stereocenters. The van der Waals surface area contributed by atoms with E-state index in [0.29, 0.717) is 12.5 Å². The van der Waals surface area contributed by atoms with Crippen molar-refractivity contribution >= 4 is 12.0 Å². The van der Waals surface area contributed by atoms with E-state index >= 15 is 0 Å². The molecule has 7 rings (SSSR count). The van der Waals surface area contributed by atoms with E-state index in [1.54, 1.807) is 0 Å². The number of carbonyl (C=O) groups is 2. The van der Waals surface area contributed by atoms with Crippen LogP contribution in [0, 0.1) is 5.92 Å². The number of aliphatic hydroxyl groups is 1. The van der Waals surface area contributed by atoms with Gasteiger partial charge in [-0.15, -0.1) is 0 Å². The molecule has 3 heterocycles. The van der Waals surface area contributed by atoms with Gasteiger partial charge in [0.25, 0.3) is 0 Å². The summed E-state index contributed by atoms with van der Waals surface area (Å²) in [5, 5.41) is 15.4. The number of benzene rings is 4. The molecule has 3 saturated heterocycles. The van der Waals surface area contributed by atoms with Gasteiger partial charge in [0, 0.05) is 43.6 Å². The van der Waals surface area contributed by atoms with Crippen molar-refractivity contribution in [3.8, 4) is 11.1 Å². The Morgan fingerprint density at radius 1 is 0.804 bits per heavy atom. The van der Waals surface area contributed by atoms with Crippen LogP contribution < -0.4 is 10.6 Å². The van der Waals surface area contributed by atoms with Crippen LogP contribution in [0.25, 0.3) is 11.1 Å². The molecule has 3 fully saturated rings. The first kappa shape index (κ1) is 39.6. The minimum Gasteiger partial charge on any atom is -0.467 e. The second-order valence-corrected chi connectivity index (χ2v) is 15.5. The van der Waals surface area contributed by atoms with Crippen molar-refractivity contribution in [1.82, 2.24) is 20.4 Å². The third kappa shape index (κ3) is 10.0. The maximum Gasteiger partial charge on any atom is 0.328 e. The summed E-state index contributed by atoms with van der Waals surface area (Å²) in [4.78, 5) is 30.7. The number of hydrogen-bond acceptors (Lipinski definition) is 8. The van der Waals surface area contributed by atoms with E-state index in [1.807, 2.05) is 60.7 Å². The first-order chi connectivity index (χ1) is 27.4. The van der Waals surface area contributed by atoms with Crippen molar-refractivity contribution in [2.24, 2.45) is 5.92 Å². The molecule has 2 amide bonds. The standard InChI is InChI=1S/C46H56N4O6/c1-32-42(30-50-24-10-17-40(50)29-49-22-6-7-23-49)55-45(56-43(32)36-20-18-34(31-51)19-21-36)39-16-9-15-38(27-39)37-14-8-13-35(25-37)28-47-46(53)48-41(44(52)54-2)26-33-11-4-3-5-12-33/h3-5,8-9,11-16,18-21,25,27,32,40-43,45,51H,6-7,10,17,22-24,26,28-31H2,1-2H3,(H2,47,48,53)/t32-,40-,41-,42+,43+,45+/m0/s1. The Labute approximate surface area is 331 Å². The number of ether oxygens (including phenoxy) is 3. The fourth-order valence-corrected chi connectivity index (χ4v) is 8.47. The number of methoxy groups -OCH3 is 1. The third-order valence-corrected chi connectivity index (χ3v) is 11.7. The van der Waals surface area contributed by atoms with Crippen molar-refractivity contribution < 1.29 is 28.9 Å². The molecule has 3 N–H and O–H groups in total. The Morgan fingerprint density at radius 3 is 2.29 bits per heavy atom. The minimum absolute atomic E-state index is 0.00491. The zero-order chi connectivity index (χ0) is 38.9. The number of esters is 1. The van der Waals surface area contributed by atoms with Crippen LogP contribution >= 0.6 is 0 Å².